The van der Waals surface area contributed by atoms with E-state index in [1.165, 1.54) is 17.8 Å². The van der Waals surface area contributed by atoms with Gasteiger partial charge in [0.15, 0.2) is 11.9 Å². The van der Waals surface area contributed by atoms with Crippen LogP contribution in [0.4, 0.5) is 0 Å². The van der Waals surface area contributed by atoms with Crippen LogP contribution in [0.1, 0.15) is 28.5 Å². The van der Waals surface area contributed by atoms with Crippen LogP contribution in [0.5, 0.6) is 11.5 Å². The summed E-state index contributed by atoms with van der Waals surface area (Å²) in [5.74, 6) is 0.944. The summed E-state index contributed by atoms with van der Waals surface area (Å²) in [6, 6.07) is 28.9. The maximum atomic E-state index is 13.0. The van der Waals surface area contributed by atoms with Gasteiger partial charge in [-0.25, -0.2) is 0 Å². The normalized spacial score (nSPS) is 10.7. The van der Waals surface area contributed by atoms with Crippen LogP contribution in [0.25, 0.3) is 0 Å². The minimum absolute atomic E-state index is 0.187. The fourth-order valence-corrected chi connectivity index (χ4v) is 3.96. The molecule has 4 rings (SSSR count). The number of hydrogen-bond acceptors (Lipinski definition) is 6. The Balaban J connectivity index is 1.67. The highest BCUT2D eigenvalue weighted by Gasteiger charge is 2.19. The van der Waals surface area contributed by atoms with Crippen molar-refractivity contribution in [1.29, 1.82) is 0 Å². The fourth-order valence-electron chi connectivity index (χ4n) is 3.68. The highest BCUT2D eigenvalue weighted by atomic mass is 32.2. The molecular weight excluding hydrogens is 504 g/mol. The van der Waals surface area contributed by atoms with E-state index < -0.39 is 6.10 Å². The molecule has 0 aliphatic rings. The second kappa shape index (κ2) is 13.0. The number of thioether (sulfide) groups is 1. The summed E-state index contributed by atoms with van der Waals surface area (Å²) in [6.07, 6.45) is 3.09. The third kappa shape index (κ3) is 7.15. The average Bonchev–Trinajstić information content (AvgIpc) is 2.95. The van der Waals surface area contributed by atoms with Gasteiger partial charge in [0.2, 0.25) is 5.43 Å². The number of hydrogen-bond donors (Lipinski definition) is 1. The number of ether oxygens (including phenoxy) is 2. The summed E-state index contributed by atoms with van der Waals surface area (Å²) in [5.41, 5.74) is 3.25. The van der Waals surface area contributed by atoms with Crippen molar-refractivity contribution in [2.75, 3.05) is 13.4 Å². The number of nitrogens with zero attached hydrogens (tertiary/aromatic N) is 1. The van der Waals surface area contributed by atoms with E-state index in [1.54, 1.807) is 18.0 Å². The number of methoxy groups -OCH3 is 1. The third-order valence-electron chi connectivity index (χ3n) is 5.63. The molecule has 3 aromatic carbocycles. The number of thiocarbonyl (C=S) groups is 1. The van der Waals surface area contributed by atoms with Crippen LogP contribution in [-0.2, 0) is 13.2 Å². The Morgan fingerprint density at radius 3 is 2.16 bits per heavy atom. The summed E-state index contributed by atoms with van der Waals surface area (Å²) in [5, 5.41) is 3.16. The quantitative estimate of drug-likeness (QED) is 0.275. The van der Waals surface area contributed by atoms with Crippen LogP contribution in [-0.4, -0.2) is 22.4 Å². The van der Waals surface area contributed by atoms with Gasteiger partial charge in [0, 0.05) is 6.07 Å². The molecule has 1 heterocycles. The summed E-state index contributed by atoms with van der Waals surface area (Å²) in [6.45, 7) is 0.554. The molecule has 6 nitrogen and oxygen atoms in total. The van der Waals surface area contributed by atoms with Crippen molar-refractivity contribution in [1.82, 2.24) is 10.0 Å². The maximum Gasteiger partial charge on any atom is 0.223 e. The Kier molecular flexibility index (Phi) is 9.24. The van der Waals surface area contributed by atoms with Gasteiger partial charge in [0.25, 0.3) is 0 Å². The highest BCUT2D eigenvalue weighted by molar-refractivity contribution is 8.22. The smallest absolute Gasteiger partial charge is 0.223 e. The SMILES string of the molecule is COc1ccc(COc2cn(OC(c3ccccc3)c3ccccc3)c(CNC(=S)SC)cc2=O)cc1. The van der Waals surface area contributed by atoms with Crippen LogP contribution in [0.2, 0.25) is 0 Å². The van der Waals surface area contributed by atoms with Gasteiger partial charge in [-0.1, -0.05) is 85.0 Å². The molecule has 4 aromatic rings. The van der Waals surface area contributed by atoms with E-state index in [-0.39, 0.29) is 17.8 Å². The molecule has 0 amide bonds. The largest absolute Gasteiger partial charge is 0.497 e. The van der Waals surface area contributed by atoms with Crippen molar-refractivity contribution in [3.63, 3.8) is 0 Å². The van der Waals surface area contributed by atoms with E-state index >= 15 is 0 Å². The fraction of sp³-hybridized carbons (Fsp3) is 0.172. The maximum absolute atomic E-state index is 13.0. The van der Waals surface area contributed by atoms with Gasteiger partial charge >= 0.3 is 0 Å². The first-order valence-corrected chi connectivity index (χ1v) is 13.3. The molecule has 0 aliphatic carbocycles. The second-order valence-electron chi connectivity index (χ2n) is 8.11. The van der Waals surface area contributed by atoms with E-state index in [9.17, 15) is 4.79 Å². The van der Waals surface area contributed by atoms with Gasteiger partial charge in [-0.05, 0) is 35.1 Å². The molecule has 8 heteroatoms. The Morgan fingerprint density at radius 1 is 0.973 bits per heavy atom. The molecule has 0 atom stereocenters. The van der Waals surface area contributed by atoms with Crippen LogP contribution in [0.15, 0.2) is 102 Å². The van der Waals surface area contributed by atoms with Gasteiger partial charge in [-0.15, -0.1) is 11.8 Å². The van der Waals surface area contributed by atoms with Crippen molar-refractivity contribution in [2.45, 2.75) is 19.3 Å². The van der Waals surface area contributed by atoms with Crippen LogP contribution in [0, 0.1) is 0 Å². The molecule has 1 aromatic heterocycles. The predicted molar refractivity (Wildman–Crippen MR) is 152 cm³/mol. The topological polar surface area (TPSA) is 61.7 Å². The Morgan fingerprint density at radius 2 is 1.59 bits per heavy atom. The third-order valence-corrected chi connectivity index (χ3v) is 6.79. The van der Waals surface area contributed by atoms with Crippen molar-refractivity contribution < 1.29 is 14.3 Å². The average molecular weight is 533 g/mol. The number of rotatable bonds is 10. The molecule has 37 heavy (non-hydrogen) atoms. The standard InChI is InChI=1S/C29H28N2O4S2/c1-33-25-15-13-21(14-16-25)20-34-27-19-31(24(17-26(27)32)18-30-29(36)37-2)35-28(22-9-5-3-6-10-22)23-11-7-4-8-12-23/h3-17,19,28H,18,20H2,1-2H3,(H,30,36). The Bertz CT molecular complexity index is 1320. The van der Waals surface area contributed by atoms with Gasteiger partial charge in [0.05, 0.1) is 25.5 Å². The van der Waals surface area contributed by atoms with Gasteiger partial charge in [-0.2, -0.15) is 4.73 Å². The summed E-state index contributed by atoms with van der Waals surface area (Å²) < 4.78 is 13.4. The number of benzene rings is 3. The van der Waals surface area contributed by atoms with E-state index in [2.05, 4.69) is 5.32 Å². The first-order valence-electron chi connectivity index (χ1n) is 11.7. The van der Waals surface area contributed by atoms with Crippen LogP contribution >= 0.6 is 24.0 Å². The predicted octanol–water partition coefficient (Wildman–Crippen LogP) is 5.39. The molecule has 1 N–H and O–H groups in total. The zero-order valence-corrected chi connectivity index (χ0v) is 22.3. The molecule has 0 unspecified atom stereocenters. The van der Waals surface area contributed by atoms with E-state index in [1.807, 2.05) is 91.2 Å². The minimum atomic E-state index is -0.411. The van der Waals surface area contributed by atoms with E-state index in [4.69, 9.17) is 26.5 Å². The van der Waals surface area contributed by atoms with E-state index in [0.717, 1.165) is 22.4 Å². The monoisotopic (exact) mass is 532 g/mol. The molecule has 0 aliphatic heterocycles. The molecule has 0 radical (unpaired) electrons. The molecule has 0 bridgehead atoms. The first kappa shape index (κ1) is 26.3. The lowest BCUT2D eigenvalue weighted by Crippen LogP contribution is -2.28. The lowest BCUT2D eigenvalue weighted by Gasteiger charge is -2.24. The lowest BCUT2D eigenvalue weighted by molar-refractivity contribution is 0.0518. The van der Waals surface area contributed by atoms with Crippen molar-refractivity contribution >= 4 is 28.3 Å². The van der Waals surface area contributed by atoms with Crippen molar-refractivity contribution in [2.24, 2.45) is 0 Å². The summed E-state index contributed by atoms with van der Waals surface area (Å²) in [4.78, 5) is 19.5. The van der Waals surface area contributed by atoms with Gasteiger partial charge in [-0.3, -0.25) is 4.79 Å². The molecular formula is C29H28N2O4S2. The lowest BCUT2D eigenvalue weighted by atomic mass is 10.0. The first-order chi connectivity index (χ1) is 18.1. The Labute approximate surface area is 226 Å². The molecule has 0 fully saturated rings. The van der Waals surface area contributed by atoms with Crippen molar-refractivity contribution in [3.05, 3.63) is 130 Å². The highest BCUT2D eigenvalue weighted by Crippen LogP contribution is 2.24. The van der Waals surface area contributed by atoms with Gasteiger partial charge < -0.3 is 19.6 Å². The number of pyridine rings is 1. The van der Waals surface area contributed by atoms with Gasteiger partial charge in [0.1, 0.15) is 16.7 Å². The van der Waals surface area contributed by atoms with Crippen molar-refractivity contribution in [3.8, 4) is 11.5 Å². The molecule has 190 valence electrons. The summed E-state index contributed by atoms with van der Waals surface area (Å²) >= 11 is 6.73. The van der Waals surface area contributed by atoms with Crippen LogP contribution in [0.3, 0.4) is 0 Å². The number of nitrogens with one attached hydrogen (secondary N) is 1. The second-order valence-corrected chi connectivity index (χ2v) is 9.59. The molecule has 0 saturated heterocycles. The molecule has 0 saturated carbocycles. The zero-order valence-electron chi connectivity index (χ0n) is 20.6. The van der Waals surface area contributed by atoms with E-state index in [0.29, 0.717) is 16.6 Å². The minimum Gasteiger partial charge on any atom is -0.497 e. The number of aromatic nitrogens is 1. The Hall–Kier alpha value is -3.75. The molecule has 0 spiro atoms. The summed E-state index contributed by atoms with van der Waals surface area (Å²) in [7, 11) is 1.62. The van der Waals surface area contributed by atoms with Crippen LogP contribution < -0.4 is 25.1 Å². The zero-order chi connectivity index (χ0) is 26.0.